The normalized spacial score (nSPS) is 21.0. The summed E-state index contributed by atoms with van der Waals surface area (Å²) in [5, 5.41) is 5.75. The Bertz CT molecular complexity index is 197. The molecule has 0 aromatic rings. The smallest absolute Gasteiger partial charge is 0.314 e. The largest absolute Gasteiger partial charge is 0.338 e. The van der Waals surface area contributed by atoms with Crippen LogP contribution in [-0.2, 0) is 0 Å². The van der Waals surface area contributed by atoms with E-state index < -0.39 is 0 Å². The highest BCUT2D eigenvalue weighted by Gasteiger charge is 2.41. The van der Waals surface area contributed by atoms with Crippen molar-refractivity contribution in [2.45, 2.75) is 32.6 Å². The quantitative estimate of drug-likeness (QED) is 0.691. The molecule has 80 valence electrons. The second-order valence-corrected chi connectivity index (χ2v) is 4.58. The minimum Gasteiger partial charge on any atom is -0.338 e. The number of hydrogen-bond donors (Lipinski definition) is 2. The molecule has 0 atom stereocenters. The highest BCUT2D eigenvalue weighted by atomic mass is 16.2. The third-order valence-corrected chi connectivity index (χ3v) is 3.29. The predicted molar refractivity (Wildman–Crippen MR) is 56.0 cm³/mol. The Labute approximate surface area is 85.6 Å². The molecule has 2 N–H and O–H groups in total. The molecule has 0 heterocycles. The van der Waals surface area contributed by atoms with Crippen molar-refractivity contribution >= 4 is 6.03 Å². The molecule has 0 aromatic heterocycles. The van der Waals surface area contributed by atoms with Crippen LogP contribution >= 0.6 is 0 Å². The molecular formula is C11H20N2O. The van der Waals surface area contributed by atoms with Crippen molar-refractivity contribution in [3.8, 4) is 0 Å². The molecule has 3 heteroatoms. The van der Waals surface area contributed by atoms with E-state index in [-0.39, 0.29) is 6.03 Å². The van der Waals surface area contributed by atoms with Crippen LogP contribution in [0, 0.1) is 17.8 Å². The molecule has 2 saturated carbocycles. The molecule has 0 aromatic carbocycles. The van der Waals surface area contributed by atoms with E-state index in [1.165, 1.54) is 25.7 Å². The van der Waals surface area contributed by atoms with Crippen LogP contribution in [0.15, 0.2) is 0 Å². The average Bonchev–Trinajstić information content (AvgIpc) is 3.01. The van der Waals surface area contributed by atoms with Gasteiger partial charge in [-0.2, -0.15) is 0 Å². The SMILES string of the molecule is CCNC(=O)NCC(C1CC1)C1CC1. The zero-order valence-electron chi connectivity index (χ0n) is 8.88. The van der Waals surface area contributed by atoms with E-state index in [1.807, 2.05) is 6.92 Å². The van der Waals surface area contributed by atoms with Crippen molar-refractivity contribution in [3.63, 3.8) is 0 Å². The predicted octanol–water partition coefficient (Wildman–Crippen LogP) is 1.74. The van der Waals surface area contributed by atoms with Gasteiger partial charge in [0.15, 0.2) is 0 Å². The number of urea groups is 1. The number of carbonyl (C=O) groups excluding carboxylic acids is 1. The molecule has 0 spiro atoms. The second-order valence-electron chi connectivity index (χ2n) is 4.58. The maximum Gasteiger partial charge on any atom is 0.314 e. The lowest BCUT2D eigenvalue weighted by atomic mass is 9.98. The van der Waals surface area contributed by atoms with Crippen LogP contribution in [0.3, 0.4) is 0 Å². The lowest BCUT2D eigenvalue weighted by Gasteiger charge is -2.16. The minimum absolute atomic E-state index is 0.00111. The fraction of sp³-hybridized carbons (Fsp3) is 0.909. The Morgan fingerprint density at radius 3 is 2.21 bits per heavy atom. The summed E-state index contributed by atoms with van der Waals surface area (Å²) in [6.45, 7) is 3.55. The van der Waals surface area contributed by atoms with Gasteiger partial charge in [0, 0.05) is 13.1 Å². The van der Waals surface area contributed by atoms with Crippen LogP contribution in [0.4, 0.5) is 4.79 Å². The fourth-order valence-corrected chi connectivity index (χ4v) is 2.20. The number of nitrogens with one attached hydrogen (secondary N) is 2. The van der Waals surface area contributed by atoms with E-state index in [0.29, 0.717) is 6.54 Å². The van der Waals surface area contributed by atoms with Crippen molar-refractivity contribution < 1.29 is 4.79 Å². The lowest BCUT2D eigenvalue weighted by molar-refractivity contribution is 0.237. The first-order valence-electron chi connectivity index (χ1n) is 5.83. The van der Waals surface area contributed by atoms with E-state index in [4.69, 9.17) is 0 Å². The van der Waals surface area contributed by atoms with Gasteiger partial charge in [-0.15, -0.1) is 0 Å². The molecule has 3 nitrogen and oxygen atoms in total. The summed E-state index contributed by atoms with van der Waals surface area (Å²) in [4.78, 5) is 11.2. The standard InChI is InChI=1S/C11H20N2O/c1-2-12-11(14)13-7-10(8-3-4-8)9-5-6-9/h8-10H,2-7H2,1H3,(H2,12,13,14). The van der Waals surface area contributed by atoms with Gasteiger partial charge in [0.1, 0.15) is 0 Å². The first-order chi connectivity index (χ1) is 6.81. The molecule has 2 amide bonds. The van der Waals surface area contributed by atoms with Gasteiger partial charge in [0.05, 0.1) is 0 Å². The monoisotopic (exact) mass is 196 g/mol. The molecule has 14 heavy (non-hydrogen) atoms. The van der Waals surface area contributed by atoms with Crippen LogP contribution in [0.5, 0.6) is 0 Å². The third-order valence-electron chi connectivity index (χ3n) is 3.29. The van der Waals surface area contributed by atoms with Gasteiger partial charge < -0.3 is 10.6 Å². The van der Waals surface area contributed by atoms with Gasteiger partial charge in [0.25, 0.3) is 0 Å². The number of amides is 2. The van der Waals surface area contributed by atoms with Crippen LogP contribution in [0.1, 0.15) is 32.6 Å². The molecule has 0 unspecified atom stereocenters. The molecule has 0 aliphatic heterocycles. The Balaban J connectivity index is 1.68. The van der Waals surface area contributed by atoms with Gasteiger partial charge in [-0.05, 0) is 50.4 Å². The van der Waals surface area contributed by atoms with E-state index in [1.54, 1.807) is 0 Å². The zero-order chi connectivity index (χ0) is 9.97. The lowest BCUT2D eigenvalue weighted by Crippen LogP contribution is -2.38. The Morgan fingerprint density at radius 2 is 1.79 bits per heavy atom. The molecular weight excluding hydrogens is 176 g/mol. The van der Waals surface area contributed by atoms with Gasteiger partial charge >= 0.3 is 6.03 Å². The van der Waals surface area contributed by atoms with Gasteiger partial charge in [-0.25, -0.2) is 4.79 Å². The zero-order valence-corrected chi connectivity index (χ0v) is 8.88. The van der Waals surface area contributed by atoms with Gasteiger partial charge in [0.2, 0.25) is 0 Å². The number of hydrogen-bond acceptors (Lipinski definition) is 1. The van der Waals surface area contributed by atoms with E-state index >= 15 is 0 Å². The number of rotatable bonds is 5. The van der Waals surface area contributed by atoms with Crippen LogP contribution in [0.2, 0.25) is 0 Å². The van der Waals surface area contributed by atoms with Crippen molar-refractivity contribution in [2.24, 2.45) is 17.8 Å². The van der Waals surface area contributed by atoms with E-state index in [0.717, 1.165) is 24.3 Å². The summed E-state index contributed by atoms with van der Waals surface area (Å²) >= 11 is 0. The average molecular weight is 196 g/mol. The van der Waals surface area contributed by atoms with Crippen molar-refractivity contribution in [3.05, 3.63) is 0 Å². The van der Waals surface area contributed by atoms with E-state index in [9.17, 15) is 4.79 Å². The van der Waals surface area contributed by atoms with Crippen molar-refractivity contribution in [1.82, 2.24) is 10.6 Å². The molecule has 2 aliphatic rings. The van der Waals surface area contributed by atoms with Crippen molar-refractivity contribution in [1.29, 1.82) is 0 Å². The summed E-state index contributed by atoms with van der Waals surface area (Å²) < 4.78 is 0. The molecule has 0 radical (unpaired) electrons. The van der Waals surface area contributed by atoms with Crippen LogP contribution in [-0.4, -0.2) is 19.1 Å². The summed E-state index contributed by atoms with van der Waals surface area (Å²) in [6.07, 6.45) is 5.55. The first kappa shape index (κ1) is 9.81. The fourth-order valence-electron chi connectivity index (χ4n) is 2.20. The topological polar surface area (TPSA) is 41.1 Å². The van der Waals surface area contributed by atoms with E-state index in [2.05, 4.69) is 10.6 Å². The van der Waals surface area contributed by atoms with Gasteiger partial charge in [-0.1, -0.05) is 0 Å². The van der Waals surface area contributed by atoms with Crippen LogP contribution < -0.4 is 10.6 Å². The maximum atomic E-state index is 11.2. The highest BCUT2D eigenvalue weighted by Crippen LogP contribution is 2.48. The Kier molecular flexibility index (Phi) is 2.94. The van der Waals surface area contributed by atoms with Crippen LogP contribution in [0.25, 0.3) is 0 Å². The summed E-state index contributed by atoms with van der Waals surface area (Å²) in [5.41, 5.74) is 0. The third kappa shape index (κ3) is 2.63. The molecule has 2 aliphatic carbocycles. The second kappa shape index (κ2) is 4.20. The summed E-state index contributed by atoms with van der Waals surface area (Å²) in [6, 6.07) is -0.00111. The minimum atomic E-state index is -0.00111. The number of carbonyl (C=O) groups is 1. The summed E-state index contributed by atoms with van der Waals surface area (Å²) in [7, 11) is 0. The first-order valence-corrected chi connectivity index (χ1v) is 5.83. The molecule has 2 rings (SSSR count). The Hall–Kier alpha value is -0.730. The molecule has 0 saturated heterocycles. The van der Waals surface area contributed by atoms with Gasteiger partial charge in [-0.3, -0.25) is 0 Å². The Morgan fingerprint density at radius 1 is 1.21 bits per heavy atom. The van der Waals surface area contributed by atoms with Crippen molar-refractivity contribution in [2.75, 3.05) is 13.1 Å². The highest BCUT2D eigenvalue weighted by molar-refractivity contribution is 5.73. The molecule has 0 bridgehead atoms. The summed E-state index contributed by atoms with van der Waals surface area (Å²) in [5.74, 6) is 2.62. The maximum absolute atomic E-state index is 11.2. The molecule has 2 fully saturated rings.